The minimum atomic E-state index is -0.331. The first-order valence-electron chi connectivity index (χ1n) is 6.85. The molecule has 3 N–H and O–H groups in total. The minimum absolute atomic E-state index is 0.298. The number of hydrazone groups is 1. The van der Waals surface area contributed by atoms with E-state index in [0.29, 0.717) is 16.8 Å². The number of rotatable bonds is 6. The third kappa shape index (κ3) is 5.13. The molecule has 23 heavy (non-hydrogen) atoms. The van der Waals surface area contributed by atoms with E-state index in [1.807, 2.05) is 12.1 Å². The normalized spacial score (nSPS) is 10.1. The zero-order valence-corrected chi connectivity index (χ0v) is 12.3. The molecule has 116 valence electrons. The summed E-state index contributed by atoms with van der Waals surface area (Å²) in [5, 5.41) is 3.76. The number of benzene rings is 2. The molecule has 0 aliphatic heterocycles. The highest BCUT2D eigenvalue weighted by atomic mass is 16.2. The van der Waals surface area contributed by atoms with Crippen LogP contribution < -0.4 is 16.3 Å². The van der Waals surface area contributed by atoms with Crippen LogP contribution in [0.4, 0.5) is 0 Å². The fourth-order valence-corrected chi connectivity index (χ4v) is 1.65. The summed E-state index contributed by atoms with van der Waals surface area (Å²) in [4.78, 5) is 23.5. The molecule has 0 saturated heterocycles. The van der Waals surface area contributed by atoms with Crippen LogP contribution in [-0.2, 0) is 0 Å². The van der Waals surface area contributed by atoms with Gasteiger partial charge in [-0.3, -0.25) is 20.4 Å². The number of hydrogen-bond acceptors (Lipinski definition) is 4. The Hall–Kier alpha value is -3.41. The molecule has 2 aromatic rings. The molecule has 0 aliphatic rings. The Morgan fingerprint density at radius 3 is 1.91 bits per heavy atom. The third-order valence-corrected chi connectivity index (χ3v) is 2.80. The van der Waals surface area contributed by atoms with Gasteiger partial charge < -0.3 is 0 Å². The summed E-state index contributed by atoms with van der Waals surface area (Å²) in [6.07, 6.45) is 1.30. The molecular formula is C17H16N4O2. The second kappa shape index (κ2) is 8.14. The van der Waals surface area contributed by atoms with Crippen molar-refractivity contribution >= 4 is 18.0 Å². The SMILES string of the molecule is C=C(/C=N\NC(=O)c1ccccc1)NNC(=O)c1ccccc1. The van der Waals surface area contributed by atoms with Crippen LogP contribution in [0.1, 0.15) is 20.7 Å². The van der Waals surface area contributed by atoms with Crippen LogP contribution in [0, 0.1) is 0 Å². The van der Waals surface area contributed by atoms with E-state index in [9.17, 15) is 9.59 Å². The molecule has 0 unspecified atom stereocenters. The average molecular weight is 308 g/mol. The second-order valence-corrected chi connectivity index (χ2v) is 4.54. The predicted octanol–water partition coefficient (Wildman–Crippen LogP) is 1.85. The van der Waals surface area contributed by atoms with Gasteiger partial charge in [-0.1, -0.05) is 43.0 Å². The average Bonchev–Trinajstić information content (AvgIpc) is 2.61. The lowest BCUT2D eigenvalue weighted by Gasteiger charge is -2.07. The molecule has 0 aromatic heterocycles. The predicted molar refractivity (Wildman–Crippen MR) is 88.6 cm³/mol. The molecule has 2 rings (SSSR count). The number of amides is 2. The van der Waals surface area contributed by atoms with Gasteiger partial charge in [0, 0.05) is 11.1 Å². The largest absolute Gasteiger partial charge is 0.297 e. The molecule has 0 spiro atoms. The van der Waals surface area contributed by atoms with Gasteiger partial charge in [0.05, 0.1) is 11.9 Å². The van der Waals surface area contributed by atoms with Crippen LogP contribution in [0.3, 0.4) is 0 Å². The van der Waals surface area contributed by atoms with E-state index in [2.05, 4.69) is 28.0 Å². The van der Waals surface area contributed by atoms with Gasteiger partial charge >= 0.3 is 0 Å². The first-order chi connectivity index (χ1) is 11.2. The highest BCUT2D eigenvalue weighted by Crippen LogP contribution is 1.98. The molecule has 0 heterocycles. The number of hydrogen-bond donors (Lipinski definition) is 3. The summed E-state index contributed by atoms with van der Waals surface area (Å²) in [6, 6.07) is 17.4. The van der Waals surface area contributed by atoms with Gasteiger partial charge in [0.25, 0.3) is 11.8 Å². The topological polar surface area (TPSA) is 82.6 Å². The number of carbonyl (C=O) groups is 2. The van der Waals surface area contributed by atoms with Crippen molar-refractivity contribution in [3.05, 3.63) is 84.1 Å². The highest BCUT2D eigenvalue weighted by molar-refractivity contribution is 5.95. The Morgan fingerprint density at radius 1 is 0.826 bits per heavy atom. The molecule has 2 aromatic carbocycles. The number of nitrogens with zero attached hydrogens (tertiary/aromatic N) is 1. The van der Waals surface area contributed by atoms with E-state index in [4.69, 9.17) is 0 Å². The third-order valence-electron chi connectivity index (χ3n) is 2.80. The maximum atomic E-state index is 11.8. The van der Waals surface area contributed by atoms with Crippen molar-refractivity contribution in [2.75, 3.05) is 0 Å². The smallest absolute Gasteiger partial charge is 0.271 e. The standard InChI is InChI=1S/C17H16N4O2/c1-13(19-21-17(23)15-10-6-3-7-11-15)12-18-20-16(22)14-8-4-2-5-9-14/h2-12,19H,1H2,(H,20,22)(H,21,23)/b18-12-. The maximum absolute atomic E-state index is 11.8. The van der Waals surface area contributed by atoms with Crippen LogP contribution in [-0.4, -0.2) is 18.0 Å². The van der Waals surface area contributed by atoms with E-state index in [0.717, 1.165) is 0 Å². The lowest BCUT2D eigenvalue weighted by Crippen LogP contribution is -2.37. The molecule has 0 bridgehead atoms. The number of carbonyl (C=O) groups excluding carboxylic acids is 2. The van der Waals surface area contributed by atoms with Crippen molar-refractivity contribution in [3.8, 4) is 0 Å². The summed E-state index contributed by atoms with van der Waals surface area (Å²) in [5.74, 6) is -0.628. The number of nitrogens with one attached hydrogen (secondary N) is 3. The van der Waals surface area contributed by atoms with Crippen molar-refractivity contribution < 1.29 is 9.59 Å². The Balaban J connectivity index is 1.76. The van der Waals surface area contributed by atoms with Crippen LogP contribution in [0.25, 0.3) is 0 Å². The van der Waals surface area contributed by atoms with Crippen LogP contribution >= 0.6 is 0 Å². The summed E-state index contributed by atoms with van der Waals surface area (Å²) in [6.45, 7) is 3.66. The zero-order chi connectivity index (χ0) is 16.5. The highest BCUT2D eigenvalue weighted by Gasteiger charge is 2.03. The summed E-state index contributed by atoms with van der Waals surface area (Å²) < 4.78 is 0. The molecule has 6 nitrogen and oxygen atoms in total. The lowest BCUT2D eigenvalue weighted by atomic mass is 10.2. The molecule has 0 atom stereocenters. The van der Waals surface area contributed by atoms with E-state index < -0.39 is 0 Å². The quantitative estimate of drug-likeness (QED) is 0.562. The molecule has 0 fully saturated rings. The fraction of sp³-hybridized carbons (Fsp3) is 0. The van der Waals surface area contributed by atoms with Crippen molar-refractivity contribution in [2.24, 2.45) is 5.10 Å². The van der Waals surface area contributed by atoms with Crippen LogP contribution in [0.5, 0.6) is 0 Å². The summed E-state index contributed by atoms with van der Waals surface area (Å²) in [5.41, 5.74) is 8.78. The van der Waals surface area contributed by atoms with E-state index in [-0.39, 0.29) is 11.8 Å². The van der Waals surface area contributed by atoms with E-state index in [1.54, 1.807) is 48.5 Å². The van der Waals surface area contributed by atoms with Gasteiger partial charge in [-0.25, -0.2) is 5.43 Å². The van der Waals surface area contributed by atoms with Gasteiger partial charge in [0.2, 0.25) is 0 Å². The van der Waals surface area contributed by atoms with Crippen LogP contribution in [0.15, 0.2) is 78.0 Å². The van der Waals surface area contributed by atoms with Gasteiger partial charge in [0.15, 0.2) is 0 Å². The molecular weight excluding hydrogens is 292 g/mol. The molecule has 0 saturated carbocycles. The Morgan fingerprint density at radius 2 is 1.35 bits per heavy atom. The van der Waals surface area contributed by atoms with Gasteiger partial charge in [-0.2, -0.15) is 5.10 Å². The molecule has 0 aliphatic carbocycles. The van der Waals surface area contributed by atoms with Crippen LogP contribution in [0.2, 0.25) is 0 Å². The number of allylic oxidation sites excluding steroid dienone is 1. The van der Waals surface area contributed by atoms with E-state index >= 15 is 0 Å². The van der Waals surface area contributed by atoms with Crippen molar-refractivity contribution in [3.63, 3.8) is 0 Å². The molecule has 0 radical (unpaired) electrons. The Labute approximate surface area is 133 Å². The minimum Gasteiger partial charge on any atom is -0.297 e. The summed E-state index contributed by atoms with van der Waals surface area (Å²) in [7, 11) is 0. The zero-order valence-electron chi connectivity index (χ0n) is 12.3. The monoisotopic (exact) mass is 308 g/mol. The van der Waals surface area contributed by atoms with Gasteiger partial charge in [-0.05, 0) is 24.3 Å². The lowest BCUT2D eigenvalue weighted by molar-refractivity contribution is 0.0935. The van der Waals surface area contributed by atoms with Gasteiger partial charge in [-0.15, -0.1) is 0 Å². The summed E-state index contributed by atoms with van der Waals surface area (Å²) >= 11 is 0. The second-order valence-electron chi connectivity index (χ2n) is 4.54. The van der Waals surface area contributed by atoms with Crippen molar-refractivity contribution in [2.45, 2.75) is 0 Å². The number of hydrazine groups is 1. The molecule has 2 amide bonds. The van der Waals surface area contributed by atoms with Gasteiger partial charge in [0.1, 0.15) is 0 Å². The van der Waals surface area contributed by atoms with Crippen molar-refractivity contribution in [1.29, 1.82) is 0 Å². The first kappa shape index (κ1) is 16.0. The Kier molecular flexibility index (Phi) is 5.65. The maximum Gasteiger partial charge on any atom is 0.271 e. The van der Waals surface area contributed by atoms with Crippen molar-refractivity contribution in [1.82, 2.24) is 16.3 Å². The fourth-order valence-electron chi connectivity index (χ4n) is 1.65. The molecule has 6 heteroatoms. The first-order valence-corrected chi connectivity index (χ1v) is 6.85. The Bertz CT molecular complexity index is 712. The van der Waals surface area contributed by atoms with E-state index in [1.165, 1.54) is 6.21 Å².